The second-order valence-electron chi connectivity index (χ2n) is 5.91. The summed E-state index contributed by atoms with van der Waals surface area (Å²) in [5.41, 5.74) is 0.805. The molecule has 0 saturated heterocycles. The van der Waals surface area contributed by atoms with Crippen LogP contribution in [0.3, 0.4) is 0 Å². The lowest BCUT2D eigenvalue weighted by Gasteiger charge is -2.18. The molecule has 0 aromatic heterocycles. The van der Waals surface area contributed by atoms with Gasteiger partial charge in [-0.25, -0.2) is 4.39 Å². The molecule has 0 saturated carbocycles. The van der Waals surface area contributed by atoms with Crippen LogP contribution >= 0.6 is 0 Å². The SMILES string of the molecule is CCCCCCCCCCNC(CC)c1ccccc1F. The van der Waals surface area contributed by atoms with E-state index in [1.165, 1.54) is 51.4 Å². The standard InChI is InChI=1S/C19H32FN/c1-3-5-6-7-8-9-10-13-16-21-19(4-2)17-14-11-12-15-18(17)20/h11-12,14-15,19,21H,3-10,13,16H2,1-2H3. The van der Waals surface area contributed by atoms with Crippen molar-refractivity contribution in [3.63, 3.8) is 0 Å². The maximum atomic E-state index is 13.8. The van der Waals surface area contributed by atoms with Gasteiger partial charge in [0.1, 0.15) is 5.82 Å². The van der Waals surface area contributed by atoms with Gasteiger partial charge in [-0.1, -0.05) is 77.0 Å². The number of unbranched alkanes of at least 4 members (excludes halogenated alkanes) is 7. The summed E-state index contributed by atoms with van der Waals surface area (Å²) in [7, 11) is 0. The molecule has 0 amide bonds. The zero-order valence-electron chi connectivity index (χ0n) is 13.8. The van der Waals surface area contributed by atoms with Crippen LogP contribution in [0.4, 0.5) is 4.39 Å². The van der Waals surface area contributed by atoms with Gasteiger partial charge in [-0.05, 0) is 25.5 Å². The molecule has 21 heavy (non-hydrogen) atoms. The molecule has 0 aliphatic carbocycles. The van der Waals surface area contributed by atoms with E-state index in [9.17, 15) is 4.39 Å². The Morgan fingerprint density at radius 2 is 1.52 bits per heavy atom. The van der Waals surface area contributed by atoms with Crippen LogP contribution in [0.5, 0.6) is 0 Å². The van der Waals surface area contributed by atoms with Gasteiger partial charge in [-0.3, -0.25) is 0 Å². The Labute approximate surface area is 130 Å². The smallest absolute Gasteiger partial charge is 0.127 e. The molecule has 1 aromatic rings. The van der Waals surface area contributed by atoms with Crippen LogP contribution in [-0.4, -0.2) is 6.54 Å². The molecule has 0 bridgehead atoms. The van der Waals surface area contributed by atoms with Crippen LogP contribution in [0.15, 0.2) is 24.3 Å². The van der Waals surface area contributed by atoms with Crippen LogP contribution in [0.25, 0.3) is 0 Å². The van der Waals surface area contributed by atoms with Gasteiger partial charge >= 0.3 is 0 Å². The lowest BCUT2D eigenvalue weighted by Crippen LogP contribution is -2.22. The Kier molecular flexibility index (Phi) is 10.1. The van der Waals surface area contributed by atoms with Gasteiger partial charge in [-0.15, -0.1) is 0 Å². The van der Waals surface area contributed by atoms with Crippen LogP contribution in [0.1, 0.15) is 83.2 Å². The van der Waals surface area contributed by atoms with Gasteiger partial charge in [0.2, 0.25) is 0 Å². The lowest BCUT2D eigenvalue weighted by atomic mass is 10.0. The zero-order valence-corrected chi connectivity index (χ0v) is 13.8. The Bertz CT molecular complexity index is 364. The number of rotatable bonds is 12. The Hall–Kier alpha value is -0.890. The molecule has 1 aromatic carbocycles. The first-order chi connectivity index (χ1) is 10.3. The van der Waals surface area contributed by atoms with E-state index in [0.29, 0.717) is 0 Å². The van der Waals surface area contributed by atoms with Gasteiger partial charge in [0.15, 0.2) is 0 Å². The fourth-order valence-corrected chi connectivity index (χ4v) is 2.77. The average Bonchev–Trinajstić information content (AvgIpc) is 2.50. The van der Waals surface area contributed by atoms with E-state index in [2.05, 4.69) is 19.2 Å². The van der Waals surface area contributed by atoms with Gasteiger partial charge in [0, 0.05) is 11.6 Å². The topological polar surface area (TPSA) is 12.0 Å². The largest absolute Gasteiger partial charge is 0.310 e. The monoisotopic (exact) mass is 293 g/mol. The van der Waals surface area contributed by atoms with Crippen LogP contribution in [0.2, 0.25) is 0 Å². The van der Waals surface area contributed by atoms with Gasteiger partial charge < -0.3 is 5.32 Å². The van der Waals surface area contributed by atoms with Crippen LogP contribution < -0.4 is 5.32 Å². The molecule has 2 heteroatoms. The van der Waals surface area contributed by atoms with E-state index in [4.69, 9.17) is 0 Å². The summed E-state index contributed by atoms with van der Waals surface area (Å²) in [6.45, 7) is 5.35. The predicted octanol–water partition coefficient (Wildman–Crippen LogP) is 6.01. The molecule has 0 spiro atoms. The first-order valence-electron chi connectivity index (χ1n) is 8.77. The molecule has 120 valence electrons. The third kappa shape index (κ3) is 7.61. The molecule has 0 fully saturated rings. The molecule has 1 unspecified atom stereocenters. The van der Waals surface area contributed by atoms with Crippen molar-refractivity contribution in [2.75, 3.05) is 6.54 Å². The summed E-state index contributed by atoms with van der Waals surface area (Å²) in [4.78, 5) is 0. The molecule has 1 N–H and O–H groups in total. The van der Waals surface area contributed by atoms with Gasteiger partial charge in [0.05, 0.1) is 0 Å². The van der Waals surface area contributed by atoms with Crippen LogP contribution in [-0.2, 0) is 0 Å². The Morgan fingerprint density at radius 3 is 2.14 bits per heavy atom. The second-order valence-corrected chi connectivity index (χ2v) is 5.91. The number of halogens is 1. The van der Waals surface area contributed by atoms with Crippen molar-refractivity contribution in [2.24, 2.45) is 0 Å². The van der Waals surface area contributed by atoms with Crippen molar-refractivity contribution in [2.45, 2.75) is 77.7 Å². The third-order valence-electron chi connectivity index (χ3n) is 4.11. The molecule has 0 aliphatic rings. The molecule has 1 atom stereocenters. The maximum Gasteiger partial charge on any atom is 0.127 e. The molecule has 1 nitrogen and oxygen atoms in total. The molecule has 0 heterocycles. The minimum atomic E-state index is -0.0900. The summed E-state index contributed by atoms with van der Waals surface area (Å²) in [6.07, 6.45) is 11.6. The highest BCUT2D eigenvalue weighted by Crippen LogP contribution is 2.19. The molecule has 0 radical (unpaired) electrons. The van der Waals surface area contributed by atoms with E-state index in [1.54, 1.807) is 12.1 Å². The summed E-state index contributed by atoms with van der Waals surface area (Å²) in [5.74, 6) is -0.0900. The maximum absolute atomic E-state index is 13.8. The van der Waals surface area contributed by atoms with E-state index in [0.717, 1.165) is 18.5 Å². The summed E-state index contributed by atoms with van der Waals surface area (Å²) in [5, 5.41) is 3.50. The number of benzene rings is 1. The minimum Gasteiger partial charge on any atom is -0.310 e. The molecular weight excluding hydrogens is 261 g/mol. The lowest BCUT2D eigenvalue weighted by molar-refractivity contribution is 0.471. The van der Waals surface area contributed by atoms with Crippen molar-refractivity contribution in [1.82, 2.24) is 5.32 Å². The summed E-state index contributed by atoms with van der Waals surface area (Å²) >= 11 is 0. The van der Waals surface area contributed by atoms with Gasteiger partial charge in [0.25, 0.3) is 0 Å². The first-order valence-corrected chi connectivity index (χ1v) is 8.77. The van der Waals surface area contributed by atoms with Crippen molar-refractivity contribution in [1.29, 1.82) is 0 Å². The highest BCUT2D eigenvalue weighted by molar-refractivity contribution is 5.20. The normalized spacial score (nSPS) is 12.5. The van der Waals surface area contributed by atoms with E-state index >= 15 is 0 Å². The minimum absolute atomic E-state index is 0.0900. The Balaban J connectivity index is 2.12. The van der Waals surface area contributed by atoms with Gasteiger partial charge in [-0.2, -0.15) is 0 Å². The predicted molar refractivity (Wildman–Crippen MR) is 90.0 cm³/mol. The van der Waals surface area contributed by atoms with Crippen molar-refractivity contribution in [3.05, 3.63) is 35.6 Å². The van der Waals surface area contributed by atoms with Crippen molar-refractivity contribution < 1.29 is 4.39 Å². The van der Waals surface area contributed by atoms with E-state index in [1.807, 2.05) is 12.1 Å². The fraction of sp³-hybridized carbons (Fsp3) is 0.684. The quantitative estimate of drug-likeness (QED) is 0.465. The average molecular weight is 293 g/mol. The highest BCUT2D eigenvalue weighted by Gasteiger charge is 2.11. The molecular formula is C19H32FN. The van der Waals surface area contributed by atoms with Crippen molar-refractivity contribution in [3.8, 4) is 0 Å². The second kappa shape index (κ2) is 11.7. The van der Waals surface area contributed by atoms with Crippen molar-refractivity contribution >= 4 is 0 Å². The van der Waals surface area contributed by atoms with E-state index in [-0.39, 0.29) is 11.9 Å². The zero-order chi connectivity index (χ0) is 15.3. The molecule has 1 rings (SSSR count). The van der Waals surface area contributed by atoms with E-state index < -0.39 is 0 Å². The fourth-order valence-electron chi connectivity index (χ4n) is 2.77. The Morgan fingerprint density at radius 1 is 0.905 bits per heavy atom. The van der Waals surface area contributed by atoms with Crippen LogP contribution in [0, 0.1) is 5.82 Å². The number of nitrogens with one attached hydrogen (secondary N) is 1. The highest BCUT2D eigenvalue weighted by atomic mass is 19.1. The third-order valence-corrected chi connectivity index (χ3v) is 4.11. The number of hydrogen-bond donors (Lipinski definition) is 1. The molecule has 0 aliphatic heterocycles. The summed E-state index contributed by atoms with van der Waals surface area (Å²) in [6, 6.07) is 7.26. The first kappa shape index (κ1) is 18.2. The number of hydrogen-bond acceptors (Lipinski definition) is 1. The summed E-state index contributed by atoms with van der Waals surface area (Å²) < 4.78 is 13.8.